The third-order valence-electron chi connectivity index (χ3n) is 3.80. The first-order valence-corrected chi connectivity index (χ1v) is 8.58. The van der Waals surface area contributed by atoms with Crippen molar-refractivity contribution in [1.82, 2.24) is 9.99 Å². The zero-order chi connectivity index (χ0) is 18.4. The minimum absolute atomic E-state index is 0.217. The lowest BCUT2D eigenvalue weighted by molar-refractivity contribution is 0.599. The van der Waals surface area contributed by atoms with Crippen molar-refractivity contribution in [1.29, 1.82) is 0 Å². The van der Waals surface area contributed by atoms with E-state index >= 15 is 0 Å². The molecule has 0 atom stereocenters. The van der Waals surface area contributed by atoms with Crippen LogP contribution in [0, 0.1) is 12.7 Å². The number of thiocarbonyl (C=S) groups is 1. The standard InChI is InChI=1S/C20H19FN4S/c1-15-6-4-8-17(12-15)23-20(26)24-22-13-18-9-5-11-25(18)14-16-7-2-3-10-19(16)21/h2-13H,14H2,1H3,(H2,23,24,26). The Morgan fingerprint density at radius 1 is 1.15 bits per heavy atom. The van der Waals surface area contributed by atoms with Gasteiger partial charge < -0.3 is 9.88 Å². The molecule has 132 valence electrons. The molecule has 0 aliphatic carbocycles. The van der Waals surface area contributed by atoms with Crippen LogP contribution in [0.2, 0.25) is 0 Å². The van der Waals surface area contributed by atoms with E-state index < -0.39 is 0 Å². The molecule has 1 aromatic heterocycles. The molecule has 0 radical (unpaired) electrons. The number of hydrogen-bond donors (Lipinski definition) is 2. The Morgan fingerprint density at radius 3 is 2.81 bits per heavy atom. The average Bonchev–Trinajstić information content (AvgIpc) is 3.04. The summed E-state index contributed by atoms with van der Waals surface area (Å²) in [5.74, 6) is -0.217. The Labute approximate surface area is 157 Å². The van der Waals surface area contributed by atoms with Crippen molar-refractivity contribution >= 4 is 29.2 Å². The molecule has 3 rings (SSSR count). The molecule has 0 saturated carbocycles. The summed E-state index contributed by atoms with van der Waals surface area (Å²) in [6.45, 7) is 2.45. The summed E-state index contributed by atoms with van der Waals surface area (Å²) in [7, 11) is 0. The first kappa shape index (κ1) is 17.8. The van der Waals surface area contributed by atoms with E-state index in [2.05, 4.69) is 15.8 Å². The third kappa shape index (κ3) is 4.77. The van der Waals surface area contributed by atoms with Gasteiger partial charge in [-0.05, 0) is 55.0 Å². The van der Waals surface area contributed by atoms with Crippen LogP contribution in [-0.4, -0.2) is 15.9 Å². The van der Waals surface area contributed by atoms with Crippen LogP contribution in [0.25, 0.3) is 0 Å². The molecule has 0 bridgehead atoms. The SMILES string of the molecule is Cc1cccc(NC(=S)NN=Cc2cccn2Cc2ccccc2F)c1. The maximum Gasteiger partial charge on any atom is 0.191 e. The molecule has 1 heterocycles. The highest BCUT2D eigenvalue weighted by Gasteiger charge is 2.04. The van der Waals surface area contributed by atoms with E-state index in [1.165, 1.54) is 6.07 Å². The number of hydrogen-bond acceptors (Lipinski definition) is 2. The molecule has 6 heteroatoms. The van der Waals surface area contributed by atoms with Crippen LogP contribution in [0.5, 0.6) is 0 Å². The second kappa shape index (κ2) is 8.40. The molecule has 4 nitrogen and oxygen atoms in total. The lowest BCUT2D eigenvalue weighted by Gasteiger charge is -2.09. The third-order valence-corrected chi connectivity index (χ3v) is 4.00. The molecule has 26 heavy (non-hydrogen) atoms. The lowest BCUT2D eigenvalue weighted by atomic mass is 10.2. The summed E-state index contributed by atoms with van der Waals surface area (Å²) in [5.41, 5.74) is 6.32. The fraction of sp³-hybridized carbons (Fsp3) is 0.100. The number of nitrogens with zero attached hydrogens (tertiary/aromatic N) is 2. The van der Waals surface area contributed by atoms with Gasteiger partial charge in [-0.15, -0.1) is 0 Å². The van der Waals surface area contributed by atoms with Gasteiger partial charge >= 0.3 is 0 Å². The number of halogens is 1. The number of aromatic nitrogens is 1. The van der Waals surface area contributed by atoms with Crippen LogP contribution < -0.4 is 10.7 Å². The quantitative estimate of drug-likeness (QED) is 0.402. The Hall–Kier alpha value is -2.99. The summed E-state index contributed by atoms with van der Waals surface area (Å²) in [6.07, 6.45) is 3.54. The molecule has 3 aromatic rings. The Kier molecular flexibility index (Phi) is 5.76. The van der Waals surface area contributed by atoms with Gasteiger partial charge in [0.1, 0.15) is 5.82 Å². The molecule has 0 aliphatic rings. The van der Waals surface area contributed by atoms with E-state index in [9.17, 15) is 4.39 Å². The summed E-state index contributed by atoms with van der Waals surface area (Å²) in [6, 6.07) is 18.5. The van der Waals surface area contributed by atoms with Gasteiger partial charge in [-0.25, -0.2) is 4.39 Å². The number of anilines is 1. The maximum absolute atomic E-state index is 13.8. The van der Waals surface area contributed by atoms with Gasteiger partial charge in [0.25, 0.3) is 0 Å². The summed E-state index contributed by atoms with van der Waals surface area (Å²) < 4.78 is 15.7. The van der Waals surface area contributed by atoms with Gasteiger partial charge in [0.05, 0.1) is 18.5 Å². The fourth-order valence-corrected chi connectivity index (χ4v) is 2.71. The first-order chi connectivity index (χ1) is 12.6. The Balaban J connectivity index is 1.60. The molecule has 0 saturated heterocycles. The second-order valence-corrected chi connectivity index (χ2v) is 6.25. The van der Waals surface area contributed by atoms with Crippen molar-refractivity contribution in [3.63, 3.8) is 0 Å². The highest BCUT2D eigenvalue weighted by Crippen LogP contribution is 2.11. The van der Waals surface area contributed by atoms with E-state index in [0.717, 1.165) is 16.9 Å². The molecule has 0 aliphatic heterocycles. The molecule has 0 unspecified atom stereocenters. The van der Waals surface area contributed by atoms with Gasteiger partial charge in [-0.1, -0.05) is 30.3 Å². The Morgan fingerprint density at radius 2 is 2.00 bits per heavy atom. The molecular weight excluding hydrogens is 347 g/mol. The minimum Gasteiger partial charge on any atom is -0.342 e. The smallest absolute Gasteiger partial charge is 0.191 e. The number of nitrogens with one attached hydrogen (secondary N) is 2. The molecule has 0 fully saturated rings. The largest absolute Gasteiger partial charge is 0.342 e. The van der Waals surface area contributed by atoms with Crippen molar-refractivity contribution in [2.24, 2.45) is 5.10 Å². The van der Waals surface area contributed by atoms with E-state index in [1.807, 2.05) is 60.2 Å². The van der Waals surface area contributed by atoms with Crippen molar-refractivity contribution in [3.05, 3.63) is 89.5 Å². The van der Waals surface area contributed by atoms with Crippen molar-refractivity contribution in [2.45, 2.75) is 13.5 Å². The van der Waals surface area contributed by atoms with Crippen LogP contribution in [0.15, 0.2) is 72.0 Å². The second-order valence-electron chi connectivity index (χ2n) is 5.85. The first-order valence-electron chi connectivity index (χ1n) is 8.17. The van der Waals surface area contributed by atoms with Gasteiger partial charge in [0.2, 0.25) is 0 Å². The van der Waals surface area contributed by atoms with Crippen LogP contribution in [0.1, 0.15) is 16.8 Å². The zero-order valence-electron chi connectivity index (χ0n) is 14.3. The number of benzene rings is 2. The predicted molar refractivity (Wildman–Crippen MR) is 108 cm³/mol. The minimum atomic E-state index is -0.217. The van der Waals surface area contributed by atoms with Crippen molar-refractivity contribution < 1.29 is 4.39 Å². The summed E-state index contributed by atoms with van der Waals surface area (Å²) in [4.78, 5) is 0. The molecule has 2 aromatic carbocycles. The van der Waals surface area contributed by atoms with Crippen LogP contribution >= 0.6 is 12.2 Å². The topological polar surface area (TPSA) is 41.4 Å². The molecule has 2 N–H and O–H groups in total. The van der Waals surface area contributed by atoms with Gasteiger partial charge in [-0.3, -0.25) is 5.43 Å². The molecular formula is C20H19FN4S. The average molecular weight is 366 g/mol. The van der Waals surface area contributed by atoms with E-state index in [1.54, 1.807) is 18.3 Å². The lowest BCUT2D eigenvalue weighted by Crippen LogP contribution is -2.24. The van der Waals surface area contributed by atoms with Gasteiger partial charge in [-0.2, -0.15) is 5.10 Å². The van der Waals surface area contributed by atoms with E-state index in [0.29, 0.717) is 17.2 Å². The van der Waals surface area contributed by atoms with Gasteiger partial charge in [0.15, 0.2) is 5.11 Å². The summed E-state index contributed by atoms with van der Waals surface area (Å²) in [5, 5.41) is 7.64. The zero-order valence-corrected chi connectivity index (χ0v) is 15.1. The number of rotatable bonds is 5. The van der Waals surface area contributed by atoms with Crippen molar-refractivity contribution in [3.8, 4) is 0 Å². The number of hydrazone groups is 1. The molecule has 0 spiro atoms. The van der Waals surface area contributed by atoms with Crippen LogP contribution in [-0.2, 0) is 6.54 Å². The highest BCUT2D eigenvalue weighted by molar-refractivity contribution is 7.80. The van der Waals surface area contributed by atoms with Crippen LogP contribution in [0.4, 0.5) is 10.1 Å². The number of aryl methyl sites for hydroxylation is 1. The summed E-state index contributed by atoms with van der Waals surface area (Å²) >= 11 is 5.24. The molecule has 0 amide bonds. The Bertz CT molecular complexity index is 933. The van der Waals surface area contributed by atoms with Crippen LogP contribution in [0.3, 0.4) is 0 Å². The van der Waals surface area contributed by atoms with Gasteiger partial charge in [0, 0.05) is 17.4 Å². The fourth-order valence-electron chi connectivity index (χ4n) is 2.54. The van der Waals surface area contributed by atoms with E-state index in [-0.39, 0.29) is 5.82 Å². The highest BCUT2D eigenvalue weighted by atomic mass is 32.1. The predicted octanol–water partition coefficient (Wildman–Crippen LogP) is 4.30. The van der Waals surface area contributed by atoms with Crippen molar-refractivity contribution in [2.75, 3.05) is 5.32 Å². The van der Waals surface area contributed by atoms with E-state index in [4.69, 9.17) is 12.2 Å². The monoisotopic (exact) mass is 366 g/mol. The normalized spacial score (nSPS) is 10.8. The maximum atomic E-state index is 13.8.